The van der Waals surface area contributed by atoms with Crippen LogP contribution < -0.4 is 10.5 Å². The smallest absolute Gasteiger partial charge is 0.243 e. The van der Waals surface area contributed by atoms with Gasteiger partial charge >= 0.3 is 0 Å². The molecule has 3 N–H and O–H groups in total. The minimum absolute atomic E-state index is 0.290. The van der Waals surface area contributed by atoms with E-state index in [-0.39, 0.29) is 10.6 Å². The molecule has 0 heterocycles. The molecule has 0 aliphatic heterocycles. The molecule has 1 aromatic rings. The van der Waals surface area contributed by atoms with Crippen molar-refractivity contribution in [3.8, 4) is 0 Å². The highest BCUT2D eigenvalue weighted by atomic mass is 32.2. The third-order valence-electron chi connectivity index (χ3n) is 4.57. The van der Waals surface area contributed by atoms with Gasteiger partial charge in [0.1, 0.15) is 10.7 Å². The highest BCUT2D eigenvalue weighted by molar-refractivity contribution is 7.89. The number of aryl methyl sites for hydroxylation is 1. The maximum atomic E-state index is 13.9. The van der Waals surface area contributed by atoms with E-state index in [1.165, 1.54) is 37.8 Å². The molecule has 116 valence electrons. The van der Waals surface area contributed by atoms with Crippen LogP contribution in [-0.2, 0) is 10.0 Å². The van der Waals surface area contributed by atoms with Crippen LogP contribution in [0.3, 0.4) is 0 Å². The van der Waals surface area contributed by atoms with E-state index < -0.39 is 15.8 Å². The molecule has 0 atom stereocenters. The number of anilines is 1. The Hall–Kier alpha value is -1.14. The Balaban J connectivity index is 1.75. The van der Waals surface area contributed by atoms with Crippen molar-refractivity contribution >= 4 is 15.7 Å². The zero-order valence-electron chi connectivity index (χ0n) is 12.1. The number of hydrogen-bond acceptors (Lipinski definition) is 3. The molecule has 4 nitrogen and oxygen atoms in total. The molecular formula is C15H21FN2O2S. The Kier molecular flexibility index (Phi) is 3.69. The lowest BCUT2D eigenvalue weighted by Crippen LogP contribution is -2.31. The zero-order chi connectivity index (χ0) is 15.2. The van der Waals surface area contributed by atoms with Crippen molar-refractivity contribution in [2.24, 2.45) is 17.8 Å². The van der Waals surface area contributed by atoms with Gasteiger partial charge in [0.15, 0.2) is 0 Å². The normalized spacial score (nSPS) is 19.2. The Labute approximate surface area is 125 Å². The molecule has 0 aromatic heterocycles. The summed E-state index contributed by atoms with van der Waals surface area (Å²) < 4.78 is 41.1. The SMILES string of the molecule is Cc1cc(F)c(S(=O)(=O)NCC(C2CC2)C2CC2)cc1N. The van der Waals surface area contributed by atoms with Crippen LogP contribution in [0.2, 0.25) is 0 Å². The van der Waals surface area contributed by atoms with Gasteiger partial charge in [0.05, 0.1) is 0 Å². The van der Waals surface area contributed by atoms with Crippen molar-refractivity contribution in [1.82, 2.24) is 4.72 Å². The van der Waals surface area contributed by atoms with E-state index in [0.717, 1.165) is 0 Å². The number of benzene rings is 1. The summed E-state index contributed by atoms with van der Waals surface area (Å²) in [6.07, 6.45) is 4.76. The van der Waals surface area contributed by atoms with Crippen molar-refractivity contribution in [3.05, 3.63) is 23.5 Å². The second-order valence-electron chi connectivity index (χ2n) is 6.33. The van der Waals surface area contributed by atoms with Crippen molar-refractivity contribution in [2.45, 2.75) is 37.5 Å². The summed E-state index contributed by atoms with van der Waals surface area (Å²) in [6, 6.07) is 2.37. The van der Waals surface area contributed by atoms with Crippen molar-refractivity contribution < 1.29 is 12.8 Å². The third-order valence-corrected chi connectivity index (χ3v) is 6.01. The van der Waals surface area contributed by atoms with Crippen LogP contribution in [0.15, 0.2) is 17.0 Å². The number of nitrogen functional groups attached to an aromatic ring is 1. The molecule has 0 saturated heterocycles. The molecule has 3 rings (SSSR count). The van der Waals surface area contributed by atoms with Crippen molar-refractivity contribution in [1.29, 1.82) is 0 Å². The molecule has 2 aliphatic carbocycles. The molecular weight excluding hydrogens is 291 g/mol. The predicted octanol–water partition coefficient (Wildman–Crippen LogP) is 2.43. The Bertz CT molecular complexity index is 640. The molecule has 0 unspecified atom stereocenters. The number of hydrogen-bond donors (Lipinski definition) is 2. The highest BCUT2D eigenvalue weighted by Crippen LogP contribution is 2.48. The lowest BCUT2D eigenvalue weighted by atomic mass is 9.99. The van der Waals surface area contributed by atoms with Gasteiger partial charge in [0, 0.05) is 12.2 Å². The topological polar surface area (TPSA) is 72.2 Å². The maximum absolute atomic E-state index is 13.9. The molecule has 1 aromatic carbocycles. The molecule has 6 heteroatoms. The average Bonchev–Trinajstić information content (AvgIpc) is 3.25. The fraction of sp³-hybridized carbons (Fsp3) is 0.600. The number of nitrogens with two attached hydrogens (primary N) is 1. The maximum Gasteiger partial charge on any atom is 0.243 e. The first kappa shape index (κ1) is 14.8. The minimum atomic E-state index is -3.84. The quantitative estimate of drug-likeness (QED) is 0.792. The van der Waals surface area contributed by atoms with Gasteiger partial charge in [-0.2, -0.15) is 0 Å². The summed E-state index contributed by atoms with van der Waals surface area (Å²) in [6.45, 7) is 2.06. The average molecular weight is 312 g/mol. The number of halogens is 1. The van der Waals surface area contributed by atoms with Gasteiger partial charge in [-0.3, -0.25) is 0 Å². The van der Waals surface area contributed by atoms with Gasteiger partial charge in [-0.15, -0.1) is 0 Å². The summed E-state index contributed by atoms with van der Waals surface area (Å²) in [5.74, 6) is 0.954. The van der Waals surface area contributed by atoms with E-state index in [4.69, 9.17) is 5.73 Å². The first-order valence-corrected chi connectivity index (χ1v) is 8.92. The third kappa shape index (κ3) is 3.21. The first-order chi connectivity index (χ1) is 9.88. The van der Waals surface area contributed by atoms with Crippen LogP contribution in [0.4, 0.5) is 10.1 Å². The lowest BCUT2D eigenvalue weighted by molar-refractivity contribution is 0.401. The molecule has 0 bridgehead atoms. The number of rotatable bonds is 6. The van der Waals surface area contributed by atoms with Crippen LogP contribution in [0.1, 0.15) is 31.2 Å². The monoisotopic (exact) mass is 312 g/mol. The van der Waals surface area contributed by atoms with Gasteiger partial charge in [0.2, 0.25) is 10.0 Å². The summed E-state index contributed by atoms with van der Waals surface area (Å²) in [5.41, 5.74) is 6.53. The highest BCUT2D eigenvalue weighted by Gasteiger charge is 2.41. The van der Waals surface area contributed by atoms with Gasteiger partial charge in [0.25, 0.3) is 0 Å². The standard InChI is InChI=1S/C15H21FN2O2S/c1-9-6-13(16)15(7-14(9)17)21(19,20)18-8-12(10-2-3-10)11-4-5-11/h6-7,10-12,18H,2-5,8,17H2,1H3. The van der Waals surface area contributed by atoms with Gasteiger partial charge in [-0.1, -0.05) is 0 Å². The van der Waals surface area contributed by atoms with Crippen LogP contribution in [0.5, 0.6) is 0 Å². The van der Waals surface area contributed by atoms with Crippen LogP contribution >= 0.6 is 0 Å². The van der Waals surface area contributed by atoms with E-state index >= 15 is 0 Å². The number of sulfonamides is 1. The zero-order valence-corrected chi connectivity index (χ0v) is 12.9. The molecule has 21 heavy (non-hydrogen) atoms. The van der Waals surface area contributed by atoms with Crippen LogP contribution in [0.25, 0.3) is 0 Å². The second kappa shape index (κ2) is 5.25. The Morgan fingerprint density at radius 1 is 1.29 bits per heavy atom. The molecule has 2 saturated carbocycles. The predicted molar refractivity (Wildman–Crippen MR) is 79.7 cm³/mol. The molecule has 0 radical (unpaired) electrons. The molecule has 0 spiro atoms. The van der Waals surface area contributed by atoms with Gasteiger partial charge in [-0.25, -0.2) is 17.5 Å². The van der Waals surface area contributed by atoms with E-state index in [1.807, 2.05) is 0 Å². The molecule has 2 fully saturated rings. The molecule has 2 aliphatic rings. The number of nitrogens with one attached hydrogen (secondary N) is 1. The summed E-state index contributed by atoms with van der Waals surface area (Å²) in [4.78, 5) is -0.351. The van der Waals surface area contributed by atoms with E-state index in [1.54, 1.807) is 6.92 Å². The molecule has 0 amide bonds. The summed E-state index contributed by atoms with van der Waals surface area (Å²) in [5, 5.41) is 0. The van der Waals surface area contributed by atoms with E-state index in [2.05, 4.69) is 4.72 Å². The lowest BCUT2D eigenvalue weighted by Gasteiger charge is -2.17. The van der Waals surface area contributed by atoms with E-state index in [0.29, 0.717) is 29.9 Å². The largest absolute Gasteiger partial charge is 0.398 e. The summed E-state index contributed by atoms with van der Waals surface area (Å²) in [7, 11) is -3.84. The Morgan fingerprint density at radius 2 is 1.86 bits per heavy atom. The van der Waals surface area contributed by atoms with Crippen molar-refractivity contribution in [2.75, 3.05) is 12.3 Å². The second-order valence-corrected chi connectivity index (χ2v) is 8.07. The van der Waals surface area contributed by atoms with Gasteiger partial charge in [-0.05, 0) is 68.1 Å². The summed E-state index contributed by atoms with van der Waals surface area (Å²) >= 11 is 0. The first-order valence-electron chi connectivity index (χ1n) is 7.44. The van der Waals surface area contributed by atoms with Crippen molar-refractivity contribution in [3.63, 3.8) is 0 Å². The Morgan fingerprint density at radius 3 is 2.38 bits per heavy atom. The van der Waals surface area contributed by atoms with E-state index in [9.17, 15) is 12.8 Å². The fourth-order valence-corrected chi connectivity index (χ4v) is 4.09. The van der Waals surface area contributed by atoms with Crippen LogP contribution in [-0.4, -0.2) is 15.0 Å². The van der Waals surface area contributed by atoms with Crippen LogP contribution in [0, 0.1) is 30.5 Å². The minimum Gasteiger partial charge on any atom is -0.398 e. The van der Waals surface area contributed by atoms with Gasteiger partial charge < -0.3 is 5.73 Å². The fourth-order valence-electron chi connectivity index (χ4n) is 2.93.